The highest BCUT2D eigenvalue weighted by Crippen LogP contribution is 2.43. The van der Waals surface area contributed by atoms with Crippen molar-refractivity contribution < 1.29 is 14.7 Å². The van der Waals surface area contributed by atoms with E-state index in [2.05, 4.69) is 0 Å². The first-order chi connectivity index (χ1) is 12.2. The monoisotopic (exact) mass is 351 g/mol. The number of aliphatic hydroxyl groups is 1. The Morgan fingerprint density at radius 2 is 1.85 bits per heavy atom. The molecule has 0 aromatic heterocycles. The van der Waals surface area contributed by atoms with Gasteiger partial charge in [-0.2, -0.15) is 0 Å². The molecule has 1 amide bonds. The minimum atomic E-state index is -1.81. The van der Waals surface area contributed by atoms with Crippen molar-refractivity contribution in [3.8, 4) is 0 Å². The molecule has 136 valence electrons. The molecule has 1 atom stereocenters. The van der Waals surface area contributed by atoms with Crippen molar-refractivity contribution in [1.29, 1.82) is 0 Å². The maximum Gasteiger partial charge on any atom is 0.264 e. The van der Waals surface area contributed by atoms with E-state index >= 15 is 0 Å². The predicted octanol–water partition coefficient (Wildman–Crippen LogP) is 3.77. The Morgan fingerprint density at radius 1 is 1.15 bits per heavy atom. The van der Waals surface area contributed by atoms with Crippen molar-refractivity contribution in [3.63, 3.8) is 0 Å². The van der Waals surface area contributed by atoms with E-state index in [1.807, 2.05) is 52.0 Å². The number of Topliss-reactive ketones (excluding diaryl/α,β-unsaturated/α-hetero) is 1. The van der Waals surface area contributed by atoms with E-state index in [-0.39, 0.29) is 18.1 Å². The maximum absolute atomic E-state index is 13.0. The number of rotatable bonds is 5. The van der Waals surface area contributed by atoms with E-state index < -0.39 is 11.5 Å². The second-order valence-electron chi connectivity index (χ2n) is 7.61. The summed E-state index contributed by atoms with van der Waals surface area (Å²) in [6, 6.07) is 12.8. The molecule has 3 rings (SSSR count). The third kappa shape index (κ3) is 3.06. The number of hydrogen-bond donors (Lipinski definition) is 1. The molecular formula is C22H25NO3. The minimum absolute atomic E-state index is 0.223. The zero-order chi connectivity index (χ0) is 19.1. The van der Waals surface area contributed by atoms with Gasteiger partial charge in [-0.15, -0.1) is 0 Å². The molecule has 1 aliphatic rings. The summed E-state index contributed by atoms with van der Waals surface area (Å²) < 4.78 is 0. The van der Waals surface area contributed by atoms with Crippen LogP contribution in [0, 0.1) is 19.8 Å². The fourth-order valence-corrected chi connectivity index (χ4v) is 3.68. The molecule has 0 radical (unpaired) electrons. The number of carbonyl (C=O) groups excluding carboxylic acids is 2. The highest BCUT2D eigenvalue weighted by molar-refractivity contribution is 6.11. The second-order valence-corrected chi connectivity index (χ2v) is 7.61. The number of carbonyl (C=O) groups is 2. The molecule has 0 saturated heterocycles. The number of aryl methyl sites for hydroxylation is 2. The summed E-state index contributed by atoms with van der Waals surface area (Å²) in [6.45, 7) is 8.40. The summed E-state index contributed by atoms with van der Waals surface area (Å²) in [6.07, 6.45) is -0.249. The van der Waals surface area contributed by atoms with Gasteiger partial charge in [-0.1, -0.05) is 55.8 Å². The number of benzene rings is 2. The summed E-state index contributed by atoms with van der Waals surface area (Å²) in [7, 11) is 0. The second kappa shape index (κ2) is 6.69. The van der Waals surface area contributed by atoms with Gasteiger partial charge in [0, 0.05) is 17.7 Å². The number of fused-ring (bicyclic) bond motifs is 1. The van der Waals surface area contributed by atoms with Gasteiger partial charge in [0.25, 0.3) is 5.91 Å². The molecule has 2 aromatic rings. The Kier molecular flexibility index (Phi) is 4.72. The lowest BCUT2D eigenvalue weighted by atomic mass is 9.87. The number of amides is 1. The average molecular weight is 351 g/mol. The van der Waals surface area contributed by atoms with Crippen LogP contribution in [0.15, 0.2) is 42.5 Å². The number of hydrogen-bond acceptors (Lipinski definition) is 3. The molecule has 0 bridgehead atoms. The van der Waals surface area contributed by atoms with Gasteiger partial charge in [0.05, 0.1) is 12.1 Å². The van der Waals surface area contributed by atoms with E-state index in [0.717, 1.165) is 11.1 Å². The fraction of sp³-hybridized carbons (Fsp3) is 0.364. The van der Waals surface area contributed by atoms with Crippen molar-refractivity contribution >= 4 is 17.4 Å². The lowest BCUT2D eigenvalue weighted by molar-refractivity contribution is -0.136. The van der Waals surface area contributed by atoms with Crippen LogP contribution in [-0.4, -0.2) is 23.3 Å². The average Bonchev–Trinajstić information content (AvgIpc) is 2.77. The van der Waals surface area contributed by atoms with Gasteiger partial charge in [0.15, 0.2) is 11.4 Å². The van der Waals surface area contributed by atoms with Crippen LogP contribution in [0.25, 0.3) is 0 Å². The van der Waals surface area contributed by atoms with Crippen LogP contribution in [-0.2, 0) is 10.4 Å². The molecule has 1 heterocycles. The quantitative estimate of drug-likeness (QED) is 0.834. The molecule has 0 saturated carbocycles. The Balaban J connectivity index is 1.98. The third-order valence-electron chi connectivity index (χ3n) is 4.89. The van der Waals surface area contributed by atoms with Gasteiger partial charge < -0.3 is 10.0 Å². The highest BCUT2D eigenvalue weighted by Gasteiger charge is 2.50. The van der Waals surface area contributed by atoms with Gasteiger partial charge in [-0.3, -0.25) is 9.59 Å². The molecule has 2 aromatic carbocycles. The molecule has 0 aliphatic carbocycles. The molecule has 1 unspecified atom stereocenters. The number of nitrogens with zero attached hydrogens (tertiary/aromatic N) is 1. The summed E-state index contributed by atoms with van der Waals surface area (Å²) in [4.78, 5) is 27.5. The third-order valence-corrected chi connectivity index (χ3v) is 4.89. The van der Waals surface area contributed by atoms with Crippen molar-refractivity contribution in [2.24, 2.45) is 5.92 Å². The summed E-state index contributed by atoms with van der Waals surface area (Å²) >= 11 is 0. The van der Waals surface area contributed by atoms with Crippen molar-refractivity contribution in [3.05, 3.63) is 64.7 Å². The fourth-order valence-electron chi connectivity index (χ4n) is 3.68. The molecule has 4 heteroatoms. The van der Waals surface area contributed by atoms with Gasteiger partial charge in [0.1, 0.15) is 0 Å². The molecule has 0 spiro atoms. The Morgan fingerprint density at radius 3 is 2.50 bits per heavy atom. The van der Waals surface area contributed by atoms with Gasteiger partial charge in [-0.05, 0) is 31.4 Å². The van der Waals surface area contributed by atoms with Crippen LogP contribution in [0.1, 0.15) is 47.3 Å². The summed E-state index contributed by atoms with van der Waals surface area (Å²) in [5.41, 5.74) is 1.89. The van der Waals surface area contributed by atoms with Crippen LogP contribution < -0.4 is 4.90 Å². The first kappa shape index (κ1) is 18.3. The largest absolute Gasteiger partial charge is 0.375 e. The zero-order valence-electron chi connectivity index (χ0n) is 15.7. The first-order valence-corrected chi connectivity index (χ1v) is 8.98. The summed E-state index contributed by atoms with van der Waals surface area (Å²) in [5.74, 6) is -0.380. The van der Waals surface area contributed by atoms with E-state index in [1.54, 1.807) is 23.1 Å². The minimum Gasteiger partial charge on any atom is -0.375 e. The SMILES string of the molecule is Cc1ccc(C(=O)CC2(O)C(=O)N(CC(C)C)c3ccccc32)c(C)c1. The lowest BCUT2D eigenvalue weighted by Crippen LogP contribution is -2.43. The molecule has 1 aliphatic heterocycles. The van der Waals surface area contributed by atoms with Crippen LogP contribution in [0.4, 0.5) is 5.69 Å². The van der Waals surface area contributed by atoms with E-state index in [9.17, 15) is 14.7 Å². The van der Waals surface area contributed by atoms with Gasteiger partial charge >= 0.3 is 0 Å². The topological polar surface area (TPSA) is 57.6 Å². The standard InChI is InChI=1S/C22H25NO3/c1-14(2)13-23-19-8-6-5-7-18(19)22(26,21(23)25)12-20(24)17-10-9-15(3)11-16(17)4/h5-11,14,26H,12-13H2,1-4H3. The van der Waals surface area contributed by atoms with Crippen LogP contribution in [0.5, 0.6) is 0 Å². The summed E-state index contributed by atoms with van der Waals surface area (Å²) in [5, 5.41) is 11.3. The van der Waals surface area contributed by atoms with Gasteiger partial charge in [-0.25, -0.2) is 0 Å². The number of para-hydroxylation sites is 1. The van der Waals surface area contributed by atoms with Crippen molar-refractivity contribution in [2.75, 3.05) is 11.4 Å². The van der Waals surface area contributed by atoms with Crippen LogP contribution in [0.3, 0.4) is 0 Å². The molecule has 26 heavy (non-hydrogen) atoms. The highest BCUT2D eigenvalue weighted by atomic mass is 16.3. The smallest absolute Gasteiger partial charge is 0.264 e. The number of anilines is 1. The van der Waals surface area contributed by atoms with Crippen LogP contribution in [0.2, 0.25) is 0 Å². The Bertz CT molecular complexity index is 871. The first-order valence-electron chi connectivity index (χ1n) is 8.98. The van der Waals surface area contributed by atoms with E-state index in [4.69, 9.17) is 0 Å². The van der Waals surface area contributed by atoms with E-state index in [0.29, 0.717) is 23.4 Å². The van der Waals surface area contributed by atoms with Crippen LogP contribution >= 0.6 is 0 Å². The van der Waals surface area contributed by atoms with Gasteiger partial charge in [0.2, 0.25) is 0 Å². The van der Waals surface area contributed by atoms with Crippen molar-refractivity contribution in [2.45, 2.75) is 39.7 Å². The maximum atomic E-state index is 13.0. The number of ketones is 1. The van der Waals surface area contributed by atoms with E-state index in [1.165, 1.54) is 0 Å². The molecular weight excluding hydrogens is 326 g/mol. The lowest BCUT2D eigenvalue weighted by Gasteiger charge is -2.24. The Labute approximate surface area is 154 Å². The normalized spacial score (nSPS) is 19.2. The Hall–Kier alpha value is -2.46. The molecule has 1 N–H and O–H groups in total. The zero-order valence-corrected chi connectivity index (χ0v) is 15.7. The van der Waals surface area contributed by atoms with Crippen molar-refractivity contribution in [1.82, 2.24) is 0 Å². The molecule has 4 nitrogen and oxygen atoms in total. The predicted molar refractivity (Wildman–Crippen MR) is 102 cm³/mol. The molecule has 0 fully saturated rings.